The zero-order valence-corrected chi connectivity index (χ0v) is 16.0. The predicted molar refractivity (Wildman–Crippen MR) is 103 cm³/mol. The Bertz CT molecular complexity index is 973. The molecule has 1 atom stereocenters. The van der Waals surface area contributed by atoms with Crippen molar-refractivity contribution in [3.8, 4) is 5.75 Å². The van der Waals surface area contributed by atoms with Crippen molar-refractivity contribution in [1.29, 1.82) is 0 Å². The number of carbonyl (C=O) groups is 2. The number of nitrogens with one attached hydrogen (secondary N) is 3. The molecule has 0 unspecified atom stereocenters. The first-order valence-corrected chi connectivity index (χ1v) is 8.91. The van der Waals surface area contributed by atoms with Crippen LogP contribution in [0, 0.1) is 0 Å². The Balaban J connectivity index is 1.60. The lowest BCUT2D eigenvalue weighted by molar-refractivity contribution is -0.128. The average molecular weight is 437 g/mol. The van der Waals surface area contributed by atoms with Gasteiger partial charge < -0.3 is 9.72 Å². The fraction of sp³-hybridized carbons (Fsp3) is 0.111. The molecule has 3 N–H and O–H groups in total. The molecule has 2 aromatic carbocycles. The van der Waals surface area contributed by atoms with Crippen LogP contribution >= 0.6 is 27.5 Å². The molecule has 0 saturated carbocycles. The number of aromatic amines is 1. The molecule has 0 spiro atoms. The van der Waals surface area contributed by atoms with Crippen molar-refractivity contribution in [2.24, 2.45) is 0 Å². The number of H-pyrrole nitrogens is 1. The predicted octanol–water partition coefficient (Wildman–Crippen LogP) is 3.81. The molecule has 0 saturated heterocycles. The Morgan fingerprint density at radius 2 is 1.96 bits per heavy atom. The van der Waals surface area contributed by atoms with Crippen LogP contribution in [0.25, 0.3) is 10.9 Å². The SMILES string of the molecule is C[C@@H](Oc1ccc(Cl)cc1Br)C(=O)NNC(=O)c1c[nH]c2ccccc12. The van der Waals surface area contributed by atoms with Crippen LogP contribution in [-0.2, 0) is 4.79 Å². The van der Waals surface area contributed by atoms with Crippen LogP contribution in [-0.4, -0.2) is 22.9 Å². The van der Waals surface area contributed by atoms with Crippen molar-refractivity contribution in [1.82, 2.24) is 15.8 Å². The number of para-hydroxylation sites is 1. The zero-order chi connectivity index (χ0) is 18.7. The highest BCUT2D eigenvalue weighted by atomic mass is 79.9. The number of hydrazine groups is 1. The van der Waals surface area contributed by atoms with Crippen molar-refractivity contribution in [3.63, 3.8) is 0 Å². The Morgan fingerprint density at radius 3 is 2.73 bits per heavy atom. The van der Waals surface area contributed by atoms with Gasteiger partial charge in [-0.25, -0.2) is 0 Å². The minimum atomic E-state index is -0.823. The Hall–Kier alpha value is -2.51. The molecule has 8 heteroatoms. The van der Waals surface area contributed by atoms with Crippen LogP contribution in [0.4, 0.5) is 0 Å². The van der Waals surface area contributed by atoms with Crippen LogP contribution in [0.3, 0.4) is 0 Å². The molecule has 0 aliphatic heterocycles. The van der Waals surface area contributed by atoms with E-state index in [0.717, 1.165) is 10.9 Å². The standard InChI is InChI=1S/C18H15BrClN3O3/c1-10(26-16-7-6-11(20)8-14(16)19)17(24)22-23-18(25)13-9-21-15-5-3-2-4-12(13)15/h2-10,21H,1H3,(H,22,24)(H,23,25)/t10-/m1/s1. The highest BCUT2D eigenvalue weighted by molar-refractivity contribution is 9.10. The number of rotatable bonds is 4. The third-order valence-corrected chi connectivity index (χ3v) is 4.55. The van der Waals surface area contributed by atoms with Gasteiger partial charge >= 0.3 is 0 Å². The summed E-state index contributed by atoms with van der Waals surface area (Å²) >= 11 is 9.20. The number of halogens is 2. The minimum Gasteiger partial charge on any atom is -0.480 e. The van der Waals surface area contributed by atoms with Gasteiger partial charge in [-0.15, -0.1) is 0 Å². The zero-order valence-electron chi connectivity index (χ0n) is 13.7. The Kier molecular flexibility index (Phi) is 5.49. The molecule has 0 bridgehead atoms. The quantitative estimate of drug-likeness (QED) is 0.544. The minimum absolute atomic E-state index is 0.421. The summed E-state index contributed by atoms with van der Waals surface area (Å²) in [7, 11) is 0. The van der Waals surface area contributed by atoms with Crippen LogP contribution in [0.2, 0.25) is 5.02 Å². The average Bonchev–Trinajstić information content (AvgIpc) is 3.06. The molecule has 26 heavy (non-hydrogen) atoms. The van der Waals surface area contributed by atoms with Gasteiger partial charge in [0.05, 0.1) is 10.0 Å². The van der Waals surface area contributed by atoms with Gasteiger partial charge in [0.2, 0.25) is 0 Å². The molecular formula is C18H15BrClN3O3. The van der Waals surface area contributed by atoms with E-state index >= 15 is 0 Å². The number of carbonyl (C=O) groups excluding carboxylic acids is 2. The second-order valence-corrected chi connectivity index (χ2v) is 6.82. The third-order valence-electron chi connectivity index (χ3n) is 3.70. The fourth-order valence-electron chi connectivity index (χ4n) is 2.36. The highest BCUT2D eigenvalue weighted by Gasteiger charge is 2.18. The lowest BCUT2D eigenvalue weighted by Gasteiger charge is -2.16. The number of benzene rings is 2. The lowest BCUT2D eigenvalue weighted by Crippen LogP contribution is -2.47. The Morgan fingerprint density at radius 1 is 1.19 bits per heavy atom. The van der Waals surface area contributed by atoms with Gasteiger partial charge in [0.1, 0.15) is 5.75 Å². The first kappa shape index (κ1) is 18.3. The molecule has 0 radical (unpaired) electrons. The summed E-state index contributed by atoms with van der Waals surface area (Å²) in [5.41, 5.74) is 6.04. The largest absolute Gasteiger partial charge is 0.480 e. The number of hydrogen-bond donors (Lipinski definition) is 3. The maximum absolute atomic E-state index is 12.3. The Labute approximate surface area is 163 Å². The van der Waals surface area contributed by atoms with E-state index in [2.05, 4.69) is 31.8 Å². The number of aromatic nitrogens is 1. The molecule has 0 aliphatic carbocycles. The van der Waals surface area contributed by atoms with Gasteiger partial charge in [0.15, 0.2) is 6.10 Å². The fourth-order valence-corrected chi connectivity index (χ4v) is 3.14. The van der Waals surface area contributed by atoms with Crippen molar-refractivity contribution >= 4 is 50.2 Å². The van der Waals surface area contributed by atoms with E-state index in [4.69, 9.17) is 16.3 Å². The normalized spacial score (nSPS) is 11.8. The molecule has 1 heterocycles. The van der Waals surface area contributed by atoms with Gasteiger partial charge in [-0.2, -0.15) is 0 Å². The second-order valence-electron chi connectivity index (χ2n) is 5.53. The van der Waals surface area contributed by atoms with E-state index < -0.39 is 17.9 Å². The van der Waals surface area contributed by atoms with Crippen LogP contribution in [0.1, 0.15) is 17.3 Å². The molecule has 3 aromatic rings. The van der Waals surface area contributed by atoms with E-state index in [9.17, 15) is 9.59 Å². The monoisotopic (exact) mass is 435 g/mol. The molecular weight excluding hydrogens is 422 g/mol. The summed E-state index contributed by atoms with van der Waals surface area (Å²) in [6.07, 6.45) is 0.771. The van der Waals surface area contributed by atoms with Gasteiger partial charge in [-0.3, -0.25) is 20.4 Å². The topological polar surface area (TPSA) is 83.2 Å². The summed E-state index contributed by atoms with van der Waals surface area (Å²) in [5, 5.41) is 1.32. The van der Waals surface area contributed by atoms with Gasteiger partial charge in [0, 0.05) is 22.1 Å². The van der Waals surface area contributed by atoms with Crippen molar-refractivity contribution in [2.75, 3.05) is 0 Å². The third kappa shape index (κ3) is 4.00. The maximum Gasteiger partial charge on any atom is 0.279 e. The molecule has 0 aliphatic rings. The van der Waals surface area contributed by atoms with Gasteiger partial charge in [0.25, 0.3) is 11.8 Å². The van der Waals surface area contributed by atoms with E-state index in [0.29, 0.717) is 20.8 Å². The number of hydrogen-bond acceptors (Lipinski definition) is 3. The summed E-state index contributed by atoms with van der Waals surface area (Å²) in [6, 6.07) is 12.4. The summed E-state index contributed by atoms with van der Waals surface area (Å²) in [4.78, 5) is 27.5. The van der Waals surface area contributed by atoms with Crippen LogP contribution in [0.15, 0.2) is 53.1 Å². The molecule has 2 amide bonds. The number of ether oxygens (including phenoxy) is 1. The number of fused-ring (bicyclic) bond motifs is 1. The van der Waals surface area contributed by atoms with Gasteiger partial charge in [-0.1, -0.05) is 29.8 Å². The maximum atomic E-state index is 12.3. The van der Waals surface area contributed by atoms with E-state index in [-0.39, 0.29) is 0 Å². The van der Waals surface area contributed by atoms with Crippen molar-refractivity contribution in [3.05, 3.63) is 63.7 Å². The number of amides is 2. The summed E-state index contributed by atoms with van der Waals surface area (Å²) in [5.74, 6) is -0.435. The molecule has 134 valence electrons. The highest BCUT2D eigenvalue weighted by Crippen LogP contribution is 2.28. The smallest absolute Gasteiger partial charge is 0.279 e. The van der Waals surface area contributed by atoms with Crippen molar-refractivity contribution in [2.45, 2.75) is 13.0 Å². The van der Waals surface area contributed by atoms with E-state index in [1.54, 1.807) is 31.3 Å². The van der Waals surface area contributed by atoms with E-state index in [1.165, 1.54) is 0 Å². The van der Waals surface area contributed by atoms with Crippen LogP contribution in [0.5, 0.6) is 5.75 Å². The van der Waals surface area contributed by atoms with E-state index in [1.807, 2.05) is 24.3 Å². The first-order valence-electron chi connectivity index (χ1n) is 7.73. The first-order chi connectivity index (χ1) is 12.5. The van der Waals surface area contributed by atoms with Crippen molar-refractivity contribution < 1.29 is 14.3 Å². The summed E-state index contributed by atoms with van der Waals surface area (Å²) < 4.78 is 6.21. The molecule has 3 rings (SSSR count). The second kappa shape index (κ2) is 7.80. The molecule has 6 nitrogen and oxygen atoms in total. The molecule has 1 aromatic heterocycles. The van der Waals surface area contributed by atoms with Crippen LogP contribution < -0.4 is 15.6 Å². The molecule has 0 fully saturated rings. The summed E-state index contributed by atoms with van der Waals surface area (Å²) in [6.45, 7) is 1.58. The van der Waals surface area contributed by atoms with Gasteiger partial charge in [-0.05, 0) is 47.1 Å². The lowest BCUT2D eigenvalue weighted by atomic mass is 10.2.